The molecular weight excluding hydrogens is 302 g/mol. The summed E-state index contributed by atoms with van der Waals surface area (Å²) in [6.07, 6.45) is 3.55. The number of hydrogen-bond acceptors (Lipinski definition) is 1. The Morgan fingerprint density at radius 2 is 2.31 bits per heavy atom. The van der Waals surface area contributed by atoms with Gasteiger partial charge in [0.15, 0.2) is 0 Å². The van der Waals surface area contributed by atoms with Crippen molar-refractivity contribution in [3.63, 3.8) is 0 Å². The van der Waals surface area contributed by atoms with Crippen molar-refractivity contribution in [1.29, 1.82) is 0 Å². The first-order valence-electron chi connectivity index (χ1n) is 3.87. The van der Waals surface area contributed by atoms with Gasteiger partial charge in [0.05, 0.1) is 4.87 Å². The van der Waals surface area contributed by atoms with Crippen LogP contribution in [0, 0.1) is 5.92 Å². The number of halogens is 2. The average Bonchev–Trinajstić information content (AvgIpc) is 1.95. The van der Waals surface area contributed by atoms with E-state index in [4.69, 9.17) is 16.7 Å². The van der Waals surface area contributed by atoms with E-state index in [0.29, 0.717) is 5.57 Å². The highest BCUT2D eigenvalue weighted by Crippen LogP contribution is 2.38. The molecule has 0 fully saturated rings. The first-order chi connectivity index (χ1) is 5.84. The van der Waals surface area contributed by atoms with Gasteiger partial charge in [0, 0.05) is 15.1 Å². The number of rotatable bonds is 1. The van der Waals surface area contributed by atoms with Gasteiger partial charge < -0.3 is 5.11 Å². The molecule has 1 N–H and O–H groups in total. The number of hydrogen-bond donors (Lipinski definition) is 1. The van der Waals surface area contributed by atoms with E-state index in [1.165, 1.54) is 0 Å². The molecule has 1 aliphatic carbocycles. The highest BCUT2D eigenvalue weighted by Gasteiger charge is 2.35. The molecule has 0 aromatic heterocycles. The summed E-state index contributed by atoms with van der Waals surface area (Å²) < 4.78 is 0.880. The average molecular weight is 313 g/mol. The van der Waals surface area contributed by atoms with Crippen molar-refractivity contribution in [3.05, 3.63) is 21.3 Å². The van der Waals surface area contributed by atoms with E-state index < -0.39 is 10.8 Å². The Bertz CT molecular complexity index is 305. The van der Waals surface area contributed by atoms with Crippen LogP contribution in [0.1, 0.15) is 13.8 Å². The minimum Gasteiger partial charge on any atom is -0.478 e. The Balaban J connectivity index is 3.12. The third-order valence-electron chi connectivity index (χ3n) is 2.27. The normalized spacial score (nSPS) is 33.7. The maximum absolute atomic E-state index is 10.8. The fourth-order valence-corrected chi connectivity index (χ4v) is 2.66. The number of carbonyl (C=O) groups is 1. The fourth-order valence-electron chi connectivity index (χ4n) is 1.26. The number of allylic oxidation sites excluding steroid dienone is 3. The van der Waals surface area contributed by atoms with Crippen LogP contribution in [-0.4, -0.2) is 16.0 Å². The predicted molar refractivity (Wildman–Crippen MR) is 61.2 cm³/mol. The third-order valence-corrected chi connectivity index (χ3v) is 3.33. The van der Waals surface area contributed by atoms with Crippen LogP contribution in [0.25, 0.3) is 0 Å². The van der Waals surface area contributed by atoms with Gasteiger partial charge in [-0.05, 0) is 41.7 Å². The fraction of sp³-hybridized carbons (Fsp3) is 0.444. The summed E-state index contributed by atoms with van der Waals surface area (Å²) in [5, 5.41) is 8.90. The molecule has 0 amide bonds. The number of alkyl halides is 1. The minimum absolute atomic E-state index is 0.162. The van der Waals surface area contributed by atoms with Crippen molar-refractivity contribution in [2.24, 2.45) is 5.92 Å². The summed E-state index contributed by atoms with van der Waals surface area (Å²) >= 11 is 8.25. The Kier molecular flexibility index (Phi) is 3.07. The van der Waals surface area contributed by atoms with Crippen LogP contribution >= 0.6 is 34.2 Å². The van der Waals surface area contributed by atoms with Gasteiger partial charge in [-0.15, -0.1) is 11.6 Å². The maximum Gasteiger partial charge on any atom is 0.331 e. The molecule has 0 saturated heterocycles. The summed E-state index contributed by atoms with van der Waals surface area (Å²) in [7, 11) is 0. The zero-order valence-electron chi connectivity index (χ0n) is 7.34. The minimum atomic E-state index is -0.887. The molecule has 2 unspecified atom stereocenters. The van der Waals surface area contributed by atoms with Crippen molar-refractivity contribution in [3.8, 4) is 0 Å². The van der Waals surface area contributed by atoms with Crippen LogP contribution in [0.2, 0.25) is 0 Å². The lowest BCUT2D eigenvalue weighted by molar-refractivity contribution is -0.133. The molecule has 0 aromatic carbocycles. The van der Waals surface area contributed by atoms with Gasteiger partial charge in [-0.25, -0.2) is 4.79 Å². The van der Waals surface area contributed by atoms with Gasteiger partial charge in [0.1, 0.15) is 0 Å². The van der Waals surface area contributed by atoms with Gasteiger partial charge in [-0.2, -0.15) is 0 Å². The van der Waals surface area contributed by atoms with E-state index in [9.17, 15) is 4.79 Å². The zero-order chi connectivity index (χ0) is 10.2. The predicted octanol–water partition coefficient (Wildman–Crippen LogP) is 2.96. The van der Waals surface area contributed by atoms with Crippen molar-refractivity contribution >= 4 is 40.2 Å². The second kappa shape index (κ2) is 3.61. The van der Waals surface area contributed by atoms with Crippen LogP contribution in [0.4, 0.5) is 0 Å². The van der Waals surface area contributed by atoms with Crippen LogP contribution in [0.5, 0.6) is 0 Å². The molecule has 4 heteroatoms. The molecule has 0 aromatic rings. The van der Waals surface area contributed by atoms with Gasteiger partial charge in [0.25, 0.3) is 0 Å². The summed E-state index contributed by atoms with van der Waals surface area (Å²) in [6.45, 7) is 3.65. The molecule has 0 aliphatic heterocycles. The van der Waals surface area contributed by atoms with Crippen LogP contribution in [0.15, 0.2) is 21.3 Å². The van der Waals surface area contributed by atoms with Crippen molar-refractivity contribution in [2.75, 3.05) is 0 Å². The van der Waals surface area contributed by atoms with Gasteiger partial charge >= 0.3 is 5.97 Å². The Morgan fingerprint density at radius 3 is 2.77 bits per heavy atom. The third kappa shape index (κ3) is 2.26. The highest BCUT2D eigenvalue weighted by molar-refractivity contribution is 14.1. The van der Waals surface area contributed by atoms with Gasteiger partial charge in [0.2, 0.25) is 0 Å². The number of carboxylic acids is 1. The zero-order valence-corrected chi connectivity index (χ0v) is 10.3. The molecule has 2 nitrogen and oxygen atoms in total. The first-order valence-corrected chi connectivity index (χ1v) is 5.32. The van der Waals surface area contributed by atoms with E-state index in [0.717, 1.165) is 3.58 Å². The van der Waals surface area contributed by atoms with E-state index in [-0.39, 0.29) is 5.92 Å². The standard InChI is InChI=1S/C9H10ClIO2/c1-5-7(8(12)13)3-6(11)4-9(5,2)10/h3-5H,1-2H3,(H,12,13). The molecule has 0 heterocycles. The summed E-state index contributed by atoms with van der Waals surface area (Å²) in [4.78, 5) is 10.3. The molecule has 1 rings (SSSR count). The number of carboxylic acid groups (broad SMARTS) is 1. The Hall–Kier alpha value is -0.0300. The van der Waals surface area contributed by atoms with Crippen molar-refractivity contribution in [2.45, 2.75) is 18.7 Å². The lowest BCUT2D eigenvalue weighted by Gasteiger charge is -2.30. The van der Waals surface area contributed by atoms with Gasteiger partial charge in [-0.3, -0.25) is 0 Å². The maximum atomic E-state index is 10.8. The topological polar surface area (TPSA) is 37.3 Å². The molecule has 0 bridgehead atoms. The number of aliphatic carboxylic acids is 1. The van der Waals surface area contributed by atoms with Crippen LogP contribution in [0.3, 0.4) is 0 Å². The lowest BCUT2D eigenvalue weighted by Crippen LogP contribution is -2.30. The second-order valence-electron chi connectivity index (χ2n) is 3.31. The summed E-state index contributed by atoms with van der Waals surface area (Å²) in [5.74, 6) is -1.05. The first kappa shape index (κ1) is 11.0. The van der Waals surface area contributed by atoms with E-state index >= 15 is 0 Å². The Labute approximate surface area is 95.8 Å². The van der Waals surface area contributed by atoms with Crippen molar-refractivity contribution < 1.29 is 9.90 Å². The molecule has 72 valence electrons. The summed E-state index contributed by atoms with van der Waals surface area (Å²) in [5.41, 5.74) is 0.379. The summed E-state index contributed by atoms with van der Waals surface area (Å²) in [6, 6.07) is 0. The van der Waals surface area contributed by atoms with Crippen molar-refractivity contribution in [1.82, 2.24) is 0 Å². The van der Waals surface area contributed by atoms with Gasteiger partial charge in [-0.1, -0.05) is 6.92 Å². The molecule has 0 spiro atoms. The molecule has 1 aliphatic rings. The highest BCUT2D eigenvalue weighted by atomic mass is 127. The molecule has 13 heavy (non-hydrogen) atoms. The van der Waals surface area contributed by atoms with Crippen LogP contribution in [-0.2, 0) is 4.79 Å². The molecule has 0 saturated carbocycles. The Morgan fingerprint density at radius 1 is 1.77 bits per heavy atom. The molecule has 2 atom stereocenters. The van der Waals surface area contributed by atoms with E-state index in [1.54, 1.807) is 6.08 Å². The monoisotopic (exact) mass is 312 g/mol. The molecule has 0 radical (unpaired) electrons. The smallest absolute Gasteiger partial charge is 0.331 e. The molecular formula is C9H10ClIO2. The lowest BCUT2D eigenvalue weighted by atomic mass is 9.84. The second-order valence-corrected chi connectivity index (χ2v) is 5.37. The SMILES string of the molecule is CC1C(C(=O)O)=CC(I)=CC1(C)Cl. The largest absolute Gasteiger partial charge is 0.478 e. The van der Waals surface area contributed by atoms with E-state index in [1.807, 2.05) is 19.9 Å². The van der Waals surface area contributed by atoms with E-state index in [2.05, 4.69) is 22.6 Å². The quantitative estimate of drug-likeness (QED) is 0.597. The van der Waals surface area contributed by atoms with Crippen LogP contribution < -0.4 is 0 Å².